The predicted molar refractivity (Wildman–Crippen MR) is 114 cm³/mol. The third kappa shape index (κ3) is 6.75. The molecule has 0 bridgehead atoms. The number of hydrogen-bond donors (Lipinski definition) is 3. The van der Waals surface area contributed by atoms with Crippen molar-refractivity contribution in [3.8, 4) is 11.1 Å². The van der Waals surface area contributed by atoms with Crippen LogP contribution in [-0.2, 0) is 20.9 Å². The largest absolute Gasteiger partial charge is 0.442 e. The number of aromatic nitrogens is 1. The second-order valence-corrected chi connectivity index (χ2v) is 6.66. The van der Waals surface area contributed by atoms with Crippen LogP contribution < -0.4 is 21.3 Å². The van der Waals surface area contributed by atoms with E-state index in [0.29, 0.717) is 35.5 Å². The lowest BCUT2D eigenvalue weighted by Gasteiger charge is -2.14. The van der Waals surface area contributed by atoms with Gasteiger partial charge in [0, 0.05) is 24.2 Å². The first-order valence-corrected chi connectivity index (χ1v) is 9.74. The lowest BCUT2D eigenvalue weighted by atomic mass is 10.1. The maximum atomic E-state index is 14.6. The van der Waals surface area contributed by atoms with Crippen molar-refractivity contribution in [2.75, 3.05) is 24.5 Å². The van der Waals surface area contributed by atoms with Crippen LogP contribution in [0.1, 0.15) is 19.5 Å². The third-order valence-corrected chi connectivity index (χ3v) is 4.22. The van der Waals surface area contributed by atoms with Crippen LogP contribution in [0.3, 0.4) is 0 Å². The van der Waals surface area contributed by atoms with Gasteiger partial charge in [0.1, 0.15) is 11.9 Å². The number of carbonyl (C=O) groups excluding carboxylic acids is 3. The van der Waals surface area contributed by atoms with E-state index in [9.17, 15) is 18.8 Å². The Labute approximate surface area is 179 Å². The Balaban J connectivity index is 0.00000107. The van der Waals surface area contributed by atoms with Gasteiger partial charge in [0.2, 0.25) is 12.3 Å². The molecule has 1 aromatic carbocycles. The van der Waals surface area contributed by atoms with E-state index < -0.39 is 18.0 Å². The van der Waals surface area contributed by atoms with Gasteiger partial charge in [-0.2, -0.15) is 0 Å². The number of halogens is 1. The number of ether oxygens (including phenoxy) is 1. The average molecular weight is 431 g/mol. The van der Waals surface area contributed by atoms with Gasteiger partial charge >= 0.3 is 6.09 Å². The lowest BCUT2D eigenvalue weighted by molar-refractivity contribution is -0.119. The molecule has 3 rings (SSSR count). The highest BCUT2D eigenvalue weighted by Gasteiger charge is 2.32. The molecule has 2 aromatic rings. The van der Waals surface area contributed by atoms with E-state index in [2.05, 4.69) is 15.6 Å². The quantitative estimate of drug-likeness (QED) is 0.571. The van der Waals surface area contributed by atoms with E-state index in [-0.39, 0.29) is 19.0 Å². The van der Waals surface area contributed by atoms with Crippen molar-refractivity contribution < 1.29 is 23.5 Å². The Morgan fingerprint density at radius 1 is 1.39 bits per heavy atom. The first kappa shape index (κ1) is 23.7. The van der Waals surface area contributed by atoms with Gasteiger partial charge in [-0.25, -0.2) is 9.18 Å². The molecule has 2 heterocycles. The molecular formula is C21H26FN5O4. The van der Waals surface area contributed by atoms with Crippen molar-refractivity contribution in [2.24, 2.45) is 5.73 Å². The maximum Gasteiger partial charge on any atom is 0.414 e. The van der Waals surface area contributed by atoms with Gasteiger partial charge in [-0.05, 0) is 30.8 Å². The van der Waals surface area contributed by atoms with E-state index in [1.54, 1.807) is 24.3 Å². The number of benzene rings is 1. The summed E-state index contributed by atoms with van der Waals surface area (Å²) in [5, 5.41) is 5.10. The van der Waals surface area contributed by atoms with Crippen LogP contribution in [0.15, 0.2) is 36.5 Å². The van der Waals surface area contributed by atoms with Crippen LogP contribution in [0, 0.1) is 5.82 Å². The zero-order valence-corrected chi connectivity index (χ0v) is 17.4. The second kappa shape index (κ2) is 11.6. The second-order valence-electron chi connectivity index (χ2n) is 6.66. The molecule has 0 spiro atoms. The van der Waals surface area contributed by atoms with E-state index in [1.165, 1.54) is 24.1 Å². The SMILES string of the molecule is CC(=O)NCC1CN(c2ccc(-c3ccc(CNC=O)nc3)c(F)c2)C(=O)O1.CCN. The summed E-state index contributed by atoms with van der Waals surface area (Å²) >= 11 is 0. The number of pyridine rings is 1. The molecule has 0 aliphatic carbocycles. The standard InChI is InChI=1S/C19H19FN4O4.C2H7N/c1-12(26)22-9-16-10-24(19(27)28-16)15-4-5-17(18(20)6-15)13-2-3-14(23-7-13)8-21-11-25;1-2-3/h2-7,11,16H,8-10H2,1H3,(H,21,25)(H,22,26);2-3H2,1H3. The maximum absolute atomic E-state index is 14.6. The summed E-state index contributed by atoms with van der Waals surface area (Å²) in [5.41, 5.74) is 6.79. The van der Waals surface area contributed by atoms with Gasteiger partial charge in [-0.3, -0.25) is 19.5 Å². The van der Waals surface area contributed by atoms with Gasteiger partial charge in [0.05, 0.1) is 31.0 Å². The molecule has 1 aliphatic rings. The number of nitrogens with zero attached hydrogens (tertiary/aromatic N) is 2. The van der Waals surface area contributed by atoms with Crippen LogP contribution in [-0.4, -0.2) is 49.1 Å². The van der Waals surface area contributed by atoms with Gasteiger partial charge in [-0.15, -0.1) is 0 Å². The van der Waals surface area contributed by atoms with Crippen LogP contribution >= 0.6 is 0 Å². The van der Waals surface area contributed by atoms with Crippen LogP contribution in [0.4, 0.5) is 14.9 Å². The number of hydrogen-bond acceptors (Lipinski definition) is 6. The molecule has 31 heavy (non-hydrogen) atoms. The fourth-order valence-corrected chi connectivity index (χ4v) is 2.84. The smallest absolute Gasteiger partial charge is 0.414 e. The van der Waals surface area contributed by atoms with E-state index in [0.717, 1.165) is 6.54 Å². The number of rotatable bonds is 7. The monoisotopic (exact) mass is 431 g/mol. The van der Waals surface area contributed by atoms with Crippen molar-refractivity contribution in [3.63, 3.8) is 0 Å². The first-order valence-electron chi connectivity index (χ1n) is 9.74. The van der Waals surface area contributed by atoms with Crippen molar-refractivity contribution in [1.82, 2.24) is 15.6 Å². The molecule has 1 fully saturated rings. The summed E-state index contributed by atoms with van der Waals surface area (Å²) in [4.78, 5) is 38.9. The molecule has 1 saturated heterocycles. The molecule has 3 amide bonds. The average Bonchev–Trinajstić information content (AvgIpc) is 3.12. The molecule has 1 aromatic heterocycles. The molecule has 10 heteroatoms. The summed E-state index contributed by atoms with van der Waals surface area (Å²) in [6.07, 6.45) is 1.03. The lowest BCUT2D eigenvalue weighted by Crippen LogP contribution is -2.33. The minimum absolute atomic E-state index is 0.203. The van der Waals surface area contributed by atoms with Crippen molar-refractivity contribution in [2.45, 2.75) is 26.5 Å². The topological polar surface area (TPSA) is 127 Å². The molecule has 1 aliphatic heterocycles. The number of carbonyl (C=O) groups is 3. The summed E-state index contributed by atoms with van der Waals surface area (Å²) in [6.45, 7) is 4.75. The molecular weight excluding hydrogens is 405 g/mol. The number of anilines is 1. The molecule has 1 atom stereocenters. The molecule has 4 N–H and O–H groups in total. The Hall–Kier alpha value is -3.53. The zero-order chi connectivity index (χ0) is 22.8. The Morgan fingerprint density at radius 2 is 2.13 bits per heavy atom. The summed E-state index contributed by atoms with van der Waals surface area (Å²) in [7, 11) is 0. The molecule has 0 saturated carbocycles. The number of amides is 3. The highest BCUT2D eigenvalue weighted by molar-refractivity contribution is 5.90. The van der Waals surface area contributed by atoms with Gasteiger partial charge in [-0.1, -0.05) is 13.0 Å². The normalized spacial score (nSPS) is 14.9. The fraction of sp³-hybridized carbons (Fsp3) is 0.333. The highest BCUT2D eigenvalue weighted by atomic mass is 19.1. The van der Waals surface area contributed by atoms with Crippen molar-refractivity contribution in [3.05, 3.63) is 48.0 Å². The molecule has 0 radical (unpaired) electrons. The van der Waals surface area contributed by atoms with E-state index >= 15 is 0 Å². The number of nitrogens with one attached hydrogen (secondary N) is 2. The highest BCUT2D eigenvalue weighted by Crippen LogP contribution is 2.28. The van der Waals surface area contributed by atoms with E-state index in [4.69, 9.17) is 10.5 Å². The molecule has 9 nitrogen and oxygen atoms in total. The van der Waals surface area contributed by atoms with Gasteiger partial charge in [0.15, 0.2) is 0 Å². The Morgan fingerprint density at radius 3 is 2.71 bits per heavy atom. The van der Waals surface area contributed by atoms with E-state index in [1.807, 2.05) is 6.92 Å². The Kier molecular flexibility index (Phi) is 8.89. The number of cyclic esters (lactones) is 1. The Bertz CT molecular complexity index is 907. The van der Waals surface area contributed by atoms with Crippen LogP contribution in [0.25, 0.3) is 11.1 Å². The minimum atomic E-state index is -0.587. The van der Waals surface area contributed by atoms with Crippen molar-refractivity contribution in [1.29, 1.82) is 0 Å². The number of nitrogens with two attached hydrogens (primary N) is 1. The van der Waals surface area contributed by atoms with Crippen molar-refractivity contribution >= 4 is 24.1 Å². The fourth-order valence-electron chi connectivity index (χ4n) is 2.84. The van der Waals surface area contributed by atoms with Gasteiger partial charge in [0.25, 0.3) is 0 Å². The summed E-state index contributed by atoms with van der Waals surface area (Å²) in [5.74, 6) is -0.720. The van der Waals surface area contributed by atoms with Gasteiger partial charge < -0.3 is 21.1 Å². The predicted octanol–water partition coefficient (Wildman–Crippen LogP) is 1.56. The van der Waals surface area contributed by atoms with Crippen LogP contribution in [0.5, 0.6) is 0 Å². The summed E-state index contributed by atoms with van der Waals surface area (Å²) in [6, 6.07) is 7.87. The zero-order valence-electron chi connectivity index (χ0n) is 17.4. The minimum Gasteiger partial charge on any atom is -0.442 e. The third-order valence-electron chi connectivity index (χ3n) is 4.22. The first-order chi connectivity index (χ1) is 14.9. The summed E-state index contributed by atoms with van der Waals surface area (Å²) < 4.78 is 19.8. The molecule has 166 valence electrons. The van der Waals surface area contributed by atoms with Crippen LogP contribution in [0.2, 0.25) is 0 Å². The molecule has 1 unspecified atom stereocenters.